The molecule has 3 heteroatoms. The standard InChI is InChI=1S/C13H18N2O/c1-10-2-4-11(5-3-10)8-13-15-9-12(16-13)6-7-14/h2-5,12H,6-9,14H2,1H3. The largest absolute Gasteiger partial charge is 0.475 e. The highest BCUT2D eigenvalue weighted by atomic mass is 16.5. The average molecular weight is 218 g/mol. The van der Waals surface area contributed by atoms with E-state index in [0.717, 1.165) is 25.3 Å². The molecule has 1 aliphatic rings. The summed E-state index contributed by atoms with van der Waals surface area (Å²) in [5, 5.41) is 0. The Bertz CT molecular complexity index is 370. The molecule has 16 heavy (non-hydrogen) atoms. The van der Waals surface area contributed by atoms with Crippen LogP contribution in [0.15, 0.2) is 29.3 Å². The van der Waals surface area contributed by atoms with Crippen LogP contribution >= 0.6 is 0 Å². The third kappa shape index (κ3) is 2.83. The Morgan fingerprint density at radius 1 is 1.38 bits per heavy atom. The van der Waals surface area contributed by atoms with E-state index in [1.54, 1.807) is 0 Å². The molecule has 0 radical (unpaired) electrons. The first-order valence-electron chi connectivity index (χ1n) is 5.73. The molecule has 2 rings (SSSR count). The minimum absolute atomic E-state index is 0.199. The summed E-state index contributed by atoms with van der Waals surface area (Å²) in [5.74, 6) is 0.849. The summed E-state index contributed by atoms with van der Waals surface area (Å²) in [6, 6.07) is 8.47. The summed E-state index contributed by atoms with van der Waals surface area (Å²) in [6.45, 7) is 3.51. The number of hydrogen-bond donors (Lipinski definition) is 1. The van der Waals surface area contributed by atoms with Gasteiger partial charge in [-0.2, -0.15) is 0 Å². The summed E-state index contributed by atoms with van der Waals surface area (Å²) < 4.78 is 5.71. The van der Waals surface area contributed by atoms with Crippen molar-refractivity contribution in [2.45, 2.75) is 25.9 Å². The van der Waals surface area contributed by atoms with Crippen LogP contribution < -0.4 is 5.73 Å². The Labute approximate surface area is 96.3 Å². The van der Waals surface area contributed by atoms with E-state index in [-0.39, 0.29) is 6.10 Å². The van der Waals surface area contributed by atoms with Gasteiger partial charge in [0.2, 0.25) is 0 Å². The first-order chi connectivity index (χ1) is 7.78. The summed E-state index contributed by atoms with van der Waals surface area (Å²) in [5.41, 5.74) is 8.02. The zero-order valence-electron chi connectivity index (χ0n) is 9.65. The van der Waals surface area contributed by atoms with Crippen molar-refractivity contribution >= 4 is 5.90 Å². The molecule has 0 spiro atoms. The third-order valence-electron chi connectivity index (χ3n) is 2.74. The van der Waals surface area contributed by atoms with Crippen molar-refractivity contribution in [2.75, 3.05) is 13.1 Å². The molecule has 86 valence electrons. The Hall–Kier alpha value is -1.35. The first kappa shape index (κ1) is 11.1. The second kappa shape index (κ2) is 5.12. The lowest BCUT2D eigenvalue weighted by atomic mass is 10.1. The van der Waals surface area contributed by atoms with Crippen molar-refractivity contribution in [1.29, 1.82) is 0 Å². The third-order valence-corrected chi connectivity index (χ3v) is 2.74. The van der Waals surface area contributed by atoms with E-state index >= 15 is 0 Å². The number of aliphatic imine (C=N–C) groups is 1. The van der Waals surface area contributed by atoms with Gasteiger partial charge in [-0.1, -0.05) is 29.8 Å². The van der Waals surface area contributed by atoms with Crippen LogP contribution in [0.3, 0.4) is 0 Å². The average Bonchev–Trinajstić information content (AvgIpc) is 2.70. The zero-order valence-corrected chi connectivity index (χ0v) is 9.65. The van der Waals surface area contributed by atoms with E-state index in [1.807, 2.05) is 0 Å². The fourth-order valence-corrected chi connectivity index (χ4v) is 1.78. The minimum atomic E-state index is 0.199. The van der Waals surface area contributed by atoms with Crippen LogP contribution in [0.1, 0.15) is 17.5 Å². The van der Waals surface area contributed by atoms with Crippen LogP contribution in [0, 0.1) is 6.92 Å². The van der Waals surface area contributed by atoms with Crippen molar-refractivity contribution in [3.05, 3.63) is 35.4 Å². The molecule has 2 N–H and O–H groups in total. The van der Waals surface area contributed by atoms with Crippen molar-refractivity contribution < 1.29 is 4.74 Å². The van der Waals surface area contributed by atoms with Gasteiger partial charge in [-0.3, -0.25) is 4.99 Å². The molecule has 1 aliphatic heterocycles. The van der Waals surface area contributed by atoms with E-state index in [4.69, 9.17) is 10.5 Å². The van der Waals surface area contributed by atoms with E-state index in [0.29, 0.717) is 6.54 Å². The number of benzene rings is 1. The lowest BCUT2D eigenvalue weighted by molar-refractivity contribution is 0.212. The lowest BCUT2D eigenvalue weighted by Crippen LogP contribution is -2.18. The molecule has 0 fully saturated rings. The van der Waals surface area contributed by atoms with Crippen molar-refractivity contribution in [1.82, 2.24) is 0 Å². The molecule has 0 saturated heterocycles. The SMILES string of the molecule is Cc1ccc(CC2=NCC(CCN)O2)cc1. The molecule has 0 aliphatic carbocycles. The van der Waals surface area contributed by atoms with Gasteiger partial charge in [-0.05, 0) is 25.5 Å². The van der Waals surface area contributed by atoms with Gasteiger partial charge in [0.15, 0.2) is 5.90 Å². The predicted molar refractivity (Wildman–Crippen MR) is 65.7 cm³/mol. The van der Waals surface area contributed by atoms with Crippen molar-refractivity contribution in [2.24, 2.45) is 10.7 Å². The van der Waals surface area contributed by atoms with Gasteiger partial charge in [0.05, 0.1) is 6.54 Å². The van der Waals surface area contributed by atoms with Crippen LogP contribution in [0.4, 0.5) is 0 Å². The molecular formula is C13H18N2O. The van der Waals surface area contributed by atoms with Crippen LogP contribution in [0.2, 0.25) is 0 Å². The number of nitrogens with zero attached hydrogens (tertiary/aromatic N) is 1. The summed E-state index contributed by atoms with van der Waals surface area (Å²) in [4.78, 5) is 4.39. The second-order valence-electron chi connectivity index (χ2n) is 4.21. The summed E-state index contributed by atoms with van der Waals surface area (Å²) in [7, 11) is 0. The van der Waals surface area contributed by atoms with Crippen LogP contribution in [0.5, 0.6) is 0 Å². The molecule has 3 nitrogen and oxygen atoms in total. The molecule has 1 aromatic rings. The van der Waals surface area contributed by atoms with Crippen LogP contribution in [-0.4, -0.2) is 25.1 Å². The topological polar surface area (TPSA) is 47.6 Å². The highest BCUT2D eigenvalue weighted by Crippen LogP contribution is 2.12. The van der Waals surface area contributed by atoms with Crippen LogP contribution in [0.25, 0.3) is 0 Å². The Morgan fingerprint density at radius 2 is 2.12 bits per heavy atom. The zero-order chi connectivity index (χ0) is 11.4. The molecule has 1 atom stereocenters. The summed E-state index contributed by atoms with van der Waals surface area (Å²) >= 11 is 0. The molecule has 0 bridgehead atoms. The van der Waals surface area contributed by atoms with E-state index < -0.39 is 0 Å². The quantitative estimate of drug-likeness (QED) is 0.836. The smallest absolute Gasteiger partial charge is 0.188 e. The molecule has 0 saturated carbocycles. The molecule has 1 unspecified atom stereocenters. The monoisotopic (exact) mass is 218 g/mol. The van der Waals surface area contributed by atoms with Gasteiger partial charge >= 0.3 is 0 Å². The number of rotatable bonds is 4. The van der Waals surface area contributed by atoms with E-state index in [9.17, 15) is 0 Å². The van der Waals surface area contributed by atoms with E-state index in [2.05, 4.69) is 36.2 Å². The van der Waals surface area contributed by atoms with Crippen LogP contribution in [-0.2, 0) is 11.2 Å². The number of hydrogen-bond acceptors (Lipinski definition) is 3. The van der Waals surface area contributed by atoms with Gasteiger partial charge in [-0.25, -0.2) is 0 Å². The number of ether oxygens (including phenoxy) is 1. The Kier molecular flexibility index (Phi) is 3.57. The van der Waals surface area contributed by atoms with Gasteiger partial charge in [0.25, 0.3) is 0 Å². The van der Waals surface area contributed by atoms with Gasteiger partial charge in [0.1, 0.15) is 6.10 Å². The maximum atomic E-state index is 5.71. The molecule has 0 amide bonds. The van der Waals surface area contributed by atoms with Crippen molar-refractivity contribution in [3.63, 3.8) is 0 Å². The summed E-state index contributed by atoms with van der Waals surface area (Å²) in [6.07, 6.45) is 1.88. The molecular weight excluding hydrogens is 200 g/mol. The van der Waals surface area contributed by atoms with Gasteiger partial charge < -0.3 is 10.5 Å². The molecule has 0 aromatic heterocycles. The van der Waals surface area contributed by atoms with E-state index in [1.165, 1.54) is 11.1 Å². The highest BCUT2D eigenvalue weighted by Gasteiger charge is 2.18. The Morgan fingerprint density at radius 3 is 2.81 bits per heavy atom. The highest BCUT2D eigenvalue weighted by molar-refractivity contribution is 5.80. The number of nitrogens with two attached hydrogens (primary N) is 1. The fraction of sp³-hybridized carbons (Fsp3) is 0.462. The maximum Gasteiger partial charge on any atom is 0.188 e. The maximum absolute atomic E-state index is 5.71. The number of aryl methyl sites for hydroxylation is 1. The second-order valence-corrected chi connectivity index (χ2v) is 4.21. The lowest BCUT2D eigenvalue weighted by Gasteiger charge is -2.09. The molecule has 1 aromatic carbocycles. The van der Waals surface area contributed by atoms with Gasteiger partial charge in [0, 0.05) is 6.42 Å². The molecule has 1 heterocycles. The fourth-order valence-electron chi connectivity index (χ4n) is 1.78. The predicted octanol–water partition coefficient (Wildman–Crippen LogP) is 1.68. The first-order valence-corrected chi connectivity index (χ1v) is 5.73. The van der Waals surface area contributed by atoms with Crippen molar-refractivity contribution in [3.8, 4) is 0 Å². The Balaban J connectivity index is 1.89. The minimum Gasteiger partial charge on any atom is -0.475 e. The van der Waals surface area contributed by atoms with Gasteiger partial charge in [-0.15, -0.1) is 0 Å². The normalized spacial score (nSPS) is 19.4.